The zero-order chi connectivity index (χ0) is 19.9. The maximum atomic E-state index is 2.60. The average Bonchev–Trinajstić information content (AvgIpc) is 2.94. The van der Waals surface area contributed by atoms with Crippen molar-refractivity contribution in [2.45, 2.75) is 85.0 Å². The van der Waals surface area contributed by atoms with Gasteiger partial charge in [-0.3, -0.25) is 0 Å². The molecule has 0 saturated carbocycles. The highest BCUT2D eigenvalue weighted by Crippen LogP contribution is 2.57. The first-order chi connectivity index (χ1) is 13.4. The molecule has 0 amide bonds. The Labute approximate surface area is 172 Å². The van der Waals surface area contributed by atoms with Crippen LogP contribution in [-0.2, 0) is 11.8 Å². The molecule has 0 radical (unpaired) electrons. The fraction of sp³-hybridized carbons (Fsp3) is 0.571. The topological polar surface area (TPSA) is 0 Å². The molecule has 0 nitrogen and oxygen atoms in total. The number of allylic oxidation sites excluding steroid dienone is 6. The standard InChI is InChI=1S/C28H38/c1-19(2)8-6-9-20(3)15-17-28-16-7-10-23-22(5)12-14-25(27(23)28)24-13-11-21(4)18-26(24)28/h7,11-14,16,19-21H,6,8-10,15,17-18H2,1-5H3. The second kappa shape index (κ2) is 7.69. The van der Waals surface area contributed by atoms with Crippen molar-refractivity contribution in [3.05, 3.63) is 64.3 Å². The summed E-state index contributed by atoms with van der Waals surface area (Å²) in [6, 6.07) is 4.77. The summed E-state index contributed by atoms with van der Waals surface area (Å²) in [4.78, 5) is 0. The van der Waals surface area contributed by atoms with Crippen LogP contribution in [0.15, 0.2) is 42.0 Å². The van der Waals surface area contributed by atoms with Gasteiger partial charge in [0.1, 0.15) is 0 Å². The quantitative estimate of drug-likeness (QED) is 0.425. The Kier molecular flexibility index (Phi) is 5.43. The van der Waals surface area contributed by atoms with Gasteiger partial charge < -0.3 is 0 Å². The summed E-state index contributed by atoms with van der Waals surface area (Å²) >= 11 is 0. The van der Waals surface area contributed by atoms with Crippen LogP contribution in [0.1, 0.15) is 88.5 Å². The maximum Gasteiger partial charge on any atom is 0.0359 e. The Bertz CT molecular complexity index is 832. The molecule has 0 spiro atoms. The summed E-state index contributed by atoms with van der Waals surface area (Å²) in [5.74, 6) is 2.32. The van der Waals surface area contributed by atoms with Gasteiger partial charge in [0.25, 0.3) is 0 Å². The van der Waals surface area contributed by atoms with Gasteiger partial charge in [-0.15, -0.1) is 0 Å². The Morgan fingerprint density at radius 3 is 2.71 bits per heavy atom. The predicted octanol–water partition coefficient (Wildman–Crippen LogP) is 7.95. The summed E-state index contributed by atoms with van der Waals surface area (Å²) < 4.78 is 0. The maximum absolute atomic E-state index is 2.60. The van der Waals surface area contributed by atoms with E-state index in [1.54, 1.807) is 22.3 Å². The summed E-state index contributed by atoms with van der Waals surface area (Å²) in [7, 11) is 0. The van der Waals surface area contributed by atoms with Gasteiger partial charge in [0.2, 0.25) is 0 Å². The zero-order valence-corrected chi connectivity index (χ0v) is 18.6. The van der Waals surface area contributed by atoms with E-state index in [9.17, 15) is 0 Å². The Morgan fingerprint density at radius 2 is 1.93 bits per heavy atom. The summed E-state index contributed by atoms with van der Waals surface area (Å²) in [6.45, 7) is 11.9. The first kappa shape index (κ1) is 19.7. The molecule has 150 valence electrons. The molecule has 3 atom stereocenters. The number of aryl methyl sites for hydroxylation is 1. The zero-order valence-electron chi connectivity index (χ0n) is 18.6. The van der Waals surface area contributed by atoms with Gasteiger partial charge in [-0.25, -0.2) is 0 Å². The molecule has 3 unspecified atom stereocenters. The van der Waals surface area contributed by atoms with E-state index in [-0.39, 0.29) is 5.41 Å². The molecule has 1 aromatic rings. The van der Waals surface area contributed by atoms with E-state index in [1.807, 2.05) is 0 Å². The van der Waals surface area contributed by atoms with E-state index < -0.39 is 0 Å². The van der Waals surface area contributed by atoms with E-state index in [0.29, 0.717) is 5.92 Å². The predicted molar refractivity (Wildman–Crippen MR) is 123 cm³/mol. The fourth-order valence-electron chi connectivity index (χ4n) is 5.85. The lowest BCUT2D eigenvalue weighted by Gasteiger charge is -2.37. The number of fused-ring (bicyclic) bond motifs is 2. The molecule has 0 aromatic heterocycles. The molecule has 0 N–H and O–H groups in total. The molecule has 0 aliphatic heterocycles. The highest BCUT2D eigenvalue weighted by Gasteiger charge is 2.46. The van der Waals surface area contributed by atoms with Crippen molar-refractivity contribution in [2.75, 3.05) is 0 Å². The molecule has 28 heavy (non-hydrogen) atoms. The van der Waals surface area contributed by atoms with Crippen molar-refractivity contribution in [1.29, 1.82) is 0 Å². The molecule has 4 rings (SSSR count). The van der Waals surface area contributed by atoms with Crippen LogP contribution in [0.3, 0.4) is 0 Å². The lowest BCUT2D eigenvalue weighted by atomic mass is 9.66. The van der Waals surface area contributed by atoms with Gasteiger partial charge in [-0.2, -0.15) is 0 Å². The van der Waals surface area contributed by atoms with Crippen LogP contribution in [0.5, 0.6) is 0 Å². The summed E-state index contributed by atoms with van der Waals surface area (Å²) in [5, 5.41) is 0. The molecule has 0 heteroatoms. The number of rotatable bonds is 7. The van der Waals surface area contributed by atoms with E-state index in [2.05, 4.69) is 71.1 Å². The Balaban J connectivity index is 1.65. The first-order valence-electron chi connectivity index (χ1n) is 11.6. The van der Waals surface area contributed by atoms with Crippen LogP contribution in [0.25, 0.3) is 5.57 Å². The molecular weight excluding hydrogens is 336 g/mol. The summed E-state index contributed by atoms with van der Waals surface area (Å²) in [6.07, 6.45) is 19.0. The molecule has 1 aromatic carbocycles. The van der Waals surface area contributed by atoms with E-state index in [1.165, 1.54) is 49.7 Å². The SMILES string of the molecule is Cc1ccc2c3c1CC=CC3(CCC(C)CCCC(C)C)C1=C2C=CC(C)C1. The highest BCUT2D eigenvalue weighted by molar-refractivity contribution is 5.89. The van der Waals surface area contributed by atoms with Gasteiger partial charge in [0.15, 0.2) is 0 Å². The Hall–Kier alpha value is -1.56. The molecule has 0 fully saturated rings. The number of hydrogen-bond acceptors (Lipinski definition) is 0. The molecule has 3 aliphatic rings. The van der Waals surface area contributed by atoms with Crippen molar-refractivity contribution >= 4 is 5.57 Å². The van der Waals surface area contributed by atoms with Crippen molar-refractivity contribution in [1.82, 2.24) is 0 Å². The fourth-order valence-corrected chi connectivity index (χ4v) is 5.85. The third-order valence-corrected chi connectivity index (χ3v) is 7.50. The molecule has 0 saturated heterocycles. The average molecular weight is 375 g/mol. The van der Waals surface area contributed by atoms with Crippen molar-refractivity contribution in [2.24, 2.45) is 17.8 Å². The smallest absolute Gasteiger partial charge is 0.0359 e. The van der Waals surface area contributed by atoms with E-state index in [0.717, 1.165) is 18.3 Å². The van der Waals surface area contributed by atoms with Gasteiger partial charge in [0.05, 0.1) is 0 Å². The summed E-state index contributed by atoms with van der Waals surface area (Å²) in [5.41, 5.74) is 9.75. The van der Waals surface area contributed by atoms with Gasteiger partial charge in [-0.05, 0) is 83.8 Å². The van der Waals surface area contributed by atoms with Crippen LogP contribution >= 0.6 is 0 Å². The van der Waals surface area contributed by atoms with Crippen molar-refractivity contribution in [3.8, 4) is 0 Å². The third kappa shape index (κ3) is 3.34. The monoisotopic (exact) mass is 374 g/mol. The lowest BCUT2D eigenvalue weighted by Crippen LogP contribution is -2.30. The van der Waals surface area contributed by atoms with Crippen LogP contribution in [0.4, 0.5) is 0 Å². The lowest BCUT2D eigenvalue weighted by molar-refractivity contribution is 0.391. The largest absolute Gasteiger partial charge is 0.0829 e. The van der Waals surface area contributed by atoms with Crippen molar-refractivity contribution < 1.29 is 0 Å². The second-order valence-corrected chi connectivity index (χ2v) is 10.3. The minimum atomic E-state index is 0.176. The number of hydrogen-bond donors (Lipinski definition) is 0. The first-order valence-corrected chi connectivity index (χ1v) is 11.6. The van der Waals surface area contributed by atoms with Crippen LogP contribution in [0.2, 0.25) is 0 Å². The van der Waals surface area contributed by atoms with Crippen LogP contribution in [0, 0.1) is 24.7 Å². The van der Waals surface area contributed by atoms with Crippen molar-refractivity contribution in [3.63, 3.8) is 0 Å². The molecule has 0 heterocycles. The molecule has 3 aliphatic carbocycles. The van der Waals surface area contributed by atoms with Crippen LogP contribution in [-0.4, -0.2) is 0 Å². The Morgan fingerprint density at radius 1 is 1.11 bits per heavy atom. The molecule has 0 bridgehead atoms. The highest BCUT2D eigenvalue weighted by atomic mass is 14.5. The van der Waals surface area contributed by atoms with Gasteiger partial charge in [-0.1, -0.05) is 83.4 Å². The van der Waals surface area contributed by atoms with Crippen LogP contribution < -0.4 is 0 Å². The minimum absolute atomic E-state index is 0.176. The number of benzene rings is 1. The molecular formula is C28H38. The van der Waals surface area contributed by atoms with E-state index >= 15 is 0 Å². The van der Waals surface area contributed by atoms with Gasteiger partial charge in [0, 0.05) is 5.41 Å². The second-order valence-electron chi connectivity index (χ2n) is 10.3. The van der Waals surface area contributed by atoms with Gasteiger partial charge >= 0.3 is 0 Å². The normalized spacial score (nSPS) is 26.0. The van der Waals surface area contributed by atoms with E-state index in [4.69, 9.17) is 0 Å². The minimum Gasteiger partial charge on any atom is -0.0829 e. The third-order valence-electron chi connectivity index (χ3n) is 7.50.